The van der Waals surface area contributed by atoms with Crippen LogP contribution in [-0.4, -0.2) is 34.5 Å². The van der Waals surface area contributed by atoms with E-state index in [-0.39, 0.29) is 5.92 Å². The van der Waals surface area contributed by atoms with Crippen molar-refractivity contribution in [1.82, 2.24) is 10.2 Å². The molecule has 0 saturated heterocycles. The van der Waals surface area contributed by atoms with E-state index in [4.69, 9.17) is 17.6 Å². The molecule has 3 rings (SSSR count). The van der Waals surface area contributed by atoms with Crippen LogP contribution in [0.4, 0.5) is 10.5 Å². The minimum atomic E-state index is -1.21. The molecule has 3 amide bonds. The average molecular weight is 538 g/mol. The van der Waals surface area contributed by atoms with Gasteiger partial charge >= 0.3 is 6.09 Å². The molecule has 40 heavy (non-hydrogen) atoms. The van der Waals surface area contributed by atoms with Crippen molar-refractivity contribution in [3.8, 4) is 24.8 Å². The largest absolute Gasteiger partial charge is 0.444 e. The summed E-state index contributed by atoms with van der Waals surface area (Å²) in [5.41, 5.74) is 0.854. The molecule has 0 aromatic heterocycles. The average Bonchev–Trinajstić information content (AvgIpc) is 2.92. The number of carbonyl (C=O) groups is 3. The normalized spacial score (nSPS) is 13.2. The van der Waals surface area contributed by atoms with E-state index < -0.39 is 35.6 Å². The highest BCUT2D eigenvalue weighted by Gasteiger charge is 2.38. The van der Waals surface area contributed by atoms with Crippen LogP contribution in [0.5, 0.6) is 0 Å². The summed E-state index contributed by atoms with van der Waals surface area (Å²) in [4.78, 5) is 41.4. The Morgan fingerprint density at radius 1 is 0.975 bits per heavy atom. The van der Waals surface area contributed by atoms with Crippen molar-refractivity contribution in [1.29, 1.82) is 0 Å². The lowest BCUT2D eigenvalue weighted by Crippen LogP contribution is -2.53. The summed E-state index contributed by atoms with van der Waals surface area (Å²) in [5.74, 6) is 1.11. The smallest absolute Gasteiger partial charge is 0.408 e. The number of nitrogens with zero attached hydrogens (tertiary/aromatic N) is 1. The first-order valence-electron chi connectivity index (χ1n) is 13.1. The molecule has 3 aromatic carbocycles. The third-order valence-corrected chi connectivity index (χ3v) is 6.44. The lowest BCUT2D eigenvalue weighted by Gasteiger charge is -2.32. The number of terminal acetylenes is 2. The first kappa shape index (κ1) is 29.8. The number of nitrogens with one attached hydrogen (secondary N) is 2. The van der Waals surface area contributed by atoms with E-state index >= 15 is 0 Å². The van der Waals surface area contributed by atoms with Gasteiger partial charge in [0.2, 0.25) is 0 Å². The van der Waals surface area contributed by atoms with Crippen LogP contribution >= 0.6 is 0 Å². The Hall–Kier alpha value is -4.75. The number of fused-ring (bicyclic) bond motifs is 1. The van der Waals surface area contributed by atoms with Gasteiger partial charge in [-0.1, -0.05) is 75.1 Å². The maximum Gasteiger partial charge on any atom is 0.408 e. The van der Waals surface area contributed by atoms with Crippen molar-refractivity contribution in [3.05, 3.63) is 77.9 Å². The molecule has 7 heteroatoms. The molecule has 0 bridgehead atoms. The Morgan fingerprint density at radius 3 is 2.20 bits per heavy atom. The fourth-order valence-electron chi connectivity index (χ4n) is 4.19. The zero-order chi connectivity index (χ0) is 29.4. The van der Waals surface area contributed by atoms with Crippen LogP contribution in [0.2, 0.25) is 0 Å². The second-order valence-electron chi connectivity index (χ2n) is 10.6. The van der Waals surface area contributed by atoms with Crippen LogP contribution in [-0.2, 0) is 14.3 Å². The maximum absolute atomic E-state index is 13.9. The highest BCUT2D eigenvalue weighted by Crippen LogP contribution is 2.27. The number of ether oxygens (including phenoxy) is 1. The van der Waals surface area contributed by atoms with Crippen molar-refractivity contribution < 1.29 is 19.1 Å². The van der Waals surface area contributed by atoms with Crippen LogP contribution in [0.1, 0.15) is 58.2 Å². The van der Waals surface area contributed by atoms with E-state index in [2.05, 4.69) is 22.6 Å². The zero-order valence-electron chi connectivity index (χ0n) is 23.5. The van der Waals surface area contributed by atoms with E-state index in [1.165, 1.54) is 0 Å². The summed E-state index contributed by atoms with van der Waals surface area (Å²) in [5, 5.41) is 7.53. The lowest BCUT2D eigenvalue weighted by atomic mass is 9.96. The van der Waals surface area contributed by atoms with Gasteiger partial charge in [-0.05, 0) is 67.3 Å². The predicted octanol–water partition coefficient (Wildman–Crippen LogP) is 5.86. The highest BCUT2D eigenvalue weighted by atomic mass is 16.6. The molecular weight excluding hydrogens is 502 g/mol. The van der Waals surface area contributed by atoms with Gasteiger partial charge in [0.05, 0.1) is 0 Å². The van der Waals surface area contributed by atoms with Gasteiger partial charge in [0, 0.05) is 17.3 Å². The number of amides is 3. The Labute approximate surface area is 236 Å². The number of hydrogen-bond acceptors (Lipinski definition) is 4. The third kappa shape index (κ3) is 7.42. The van der Waals surface area contributed by atoms with Crippen LogP contribution < -0.4 is 10.6 Å². The predicted molar refractivity (Wildman–Crippen MR) is 158 cm³/mol. The number of anilines is 1. The van der Waals surface area contributed by atoms with Gasteiger partial charge in [-0.2, -0.15) is 0 Å². The van der Waals surface area contributed by atoms with Gasteiger partial charge in [0.1, 0.15) is 17.7 Å². The summed E-state index contributed by atoms with van der Waals surface area (Å²) in [7, 11) is 0. The maximum atomic E-state index is 13.9. The molecule has 0 aliphatic heterocycles. The molecular formula is C33H35N3O4. The van der Waals surface area contributed by atoms with Crippen molar-refractivity contribution in [2.45, 2.75) is 58.7 Å². The van der Waals surface area contributed by atoms with E-state index in [1.807, 2.05) is 50.2 Å². The topological polar surface area (TPSA) is 87.7 Å². The number of carbonyl (C=O) groups excluding carboxylic acids is 3. The minimum absolute atomic E-state index is 0.302. The van der Waals surface area contributed by atoms with E-state index in [0.29, 0.717) is 23.2 Å². The van der Waals surface area contributed by atoms with Crippen LogP contribution in [0.25, 0.3) is 10.8 Å². The van der Waals surface area contributed by atoms with Gasteiger partial charge < -0.3 is 15.4 Å². The molecule has 0 spiro atoms. The Morgan fingerprint density at radius 2 is 1.62 bits per heavy atom. The van der Waals surface area contributed by atoms with Crippen molar-refractivity contribution in [2.24, 2.45) is 5.92 Å². The second-order valence-corrected chi connectivity index (χ2v) is 10.6. The molecule has 206 valence electrons. The summed E-state index contributed by atoms with van der Waals surface area (Å²) in [6.45, 7) is 8.90. The van der Waals surface area contributed by atoms with Crippen LogP contribution in [0, 0.1) is 30.7 Å². The molecule has 0 aliphatic rings. The SMILES string of the molecule is C#Cc1ccc(C(C(=O)Nc2ccc3ccccc3c2)N(C#C)C(=O)C(NC(=O)OC(C)(C)C)C(C)CC)cc1. The van der Waals surface area contributed by atoms with Gasteiger partial charge in [0.25, 0.3) is 11.8 Å². The number of hydrogen-bond donors (Lipinski definition) is 2. The van der Waals surface area contributed by atoms with E-state index in [1.54, 1.807) is 51.1 Å². The fourth-order valence-corrected chi connectivity index (χ4v) is 4.19. The summed E-state index contributed by atoms with van der Waals surface area (Å²) >= 11 is 0. The van der Waals surface area contributed by atoms with Crippen molar-refractivity contribution in [3.63, 3.8) is 0 Å². The second kappa shape index (κ2) is 12.9. The van der Waals surface area contributed by atoms with Gasteiger partial charge in [-0.3, -0.25) is 14.5 Å². The van der Waals surface area contributed by atoms with Crippen molar-refractivity contribution >= 4 is 34.4 Å². The van der Waals surface area contributed by atoms with Gasteiger partial charge in [-0.15, -0.1) is 6.42 Å². The molecule has 3 atom stereocenters. The third-order valence-electron chi connectivity index (χ3n) is 6.44. The summed E-state index contributed by atoms with van der Waals surface area (Å²) in [6.07, 6.45) is 11.2. The Kier molecular flexibility index (Phi) is 9.59. The van der Waals surface area contributed by atoms with Crippen LogP contribution in [0.15, 0.2) is 66.7 Å². The highest BCUT2D eigenvalue weighted by molar-refractivity contribution is 6.01. The number of rotatable bonds is 8. The standard InChI is InChI=1S/C33H35N3O4/c1-8-22(4)28(35-32(39)40-33(5,6)7)31(38)36(10-3)29(25-17-15-23(9-2)16-18-25)30(37)34-27-20-19-24-13-11-12-14-26(24)21-27/h2-3,11-22,28-29H,8H2,1,4-7H3,(H,34,37)(H,35,39). The first-order valence-corrected chi connectivity index (χ1v) is 13.1. The quantitative estimate of drug-likeness (QED) is 0.278. The monoisotopic (exact) mass is 537 g/mol. The minimum Gasteiger partial charge on any atom is -0.444 e. The molecule has 3 unspecified atom stereocenters. The van der Waals surface area contributed by atoms with Gasteiger partial charge in [-0.25, -0.2) is 4.79 Å². The van der Waals surface area contributed by atoms with Crippen molar-refractivity contribution in [2.75, 3.05) is 5.32 Å². The van der Waals surface area contributed by atoms with Crippen LogP contribution in [0.3, 0.4) is 0 Å². The number of alkyl carbamates (subject to hydrolysis) is 1. The summed E-state index contributed by atoms with van der Waals surface area (Å²) < 4.78 is 5.39. The van der Waals surface area contributed by atoms with Gasteiger partial charge in [0.15, 0.2) is 0 Å². The molecule has 0 radical (unpaired) electrons. The van der Waals surface area contributed by atoms with E-state index in [9.17, 15) is 14.4 Å². The Balaban J connectivity index is 2.00. The molecule has 7 nitrogen and oxygen atoms in total. The zero-order valence-corrected chi connectivity index (χ0v) is 23.5. The first-order chi connectivity index (χ1) is 19.0. The molecule has 3 aromatic rings. The molecule has 2 N–H and O–H groups in total. The Bertz CT molecular complexity index is 1460. The fraction of sp³-hybridized carbons (Fsp3) is 0.303. The molecule has 0 saturated carbocycles. The summed E-state index contributed by atoms with van der Waals surface area (Å²) in [6, 6.07) is 20.1. The van der Waals surface area contributed by atoms with E-state index in [0.717, 1.165) is 15.7 Å². The lowest BCUT2D eigenvalue weighted by molar-refractivity contribution is -0.137. The molecule has 0 heterocycles. The number of benzene rings is 3. The molecule has 0 aliphatic carbocycles. The molecule has 0 fully saturated rings.